The van der Waals surface area contributed by atoms with Crippen LogP contribution in [0.25, 0.3) is 0 Å². The van der Waals surface area contributed by atoms with Gasteiger partial charge in [0, 0.05) is 43.6 Å². The molecule has 23 heavy (non-hydrogen) atoms. The molecule has 2 fully saturated rings. The average molecular weight is 309 g/mol. The molecule has 0 aliphatic carbocycles. The van der Waals surface area contributed by atoms with Gasteiger partial charge in [-0.3, -0.25) is 0 Å². The normalized spacial score (nSPS) is 17.7. The van der Waals surface area contributed by atoms with Crippen LogP contribution in [0.15, 0.2) is 36.7 Å². The van der Waals surface area contributed by atoms with Gasteiger partial charge in [-0.1, -0.05) is 0 Å². The lowest BCUT2D eigenvalue weighted by molar-refractivity contribution is 0.928. The Kier molecular flexibility index (Phi) is 4.01. The van der Waals surface area contributed by atoms with E-state index in [0.29, 0.717) is 0 Å². The van der Waals surface area contributed by atoms with E-state index >= 15 is 0 Å². The minimum Gasteiger partial charge on any atom is -0.372 e. The highest BCUT2D eigenvalue weighted by molar-refractivity contribution is 5.62. The maximum atomic E-state index is 4.40. The van der Waals surface area contributed by atoms with E-state index in [1.165, 1.54) is 44.5 Å². The average Bonchev–Trinajstić information content (AvgIpc) is 3.30. The Balaban J connectivity index is 1.46. The fourth-order valence-corrected chi connectivity index (χ4v) is 3.41. The molecule has 0 amide bonds. The van der Waals surface area contributed by atoms with Crippen molar-refractivity contribution in [1.82, 2.24) is 9.97 Å². The van der Waals surface area contributed by atoms with Gasteiger partial charge in [-0.25, -0.2) is 9.97 Å². The Bertz CT molecular complexity index is 643. The Labute approximate surface area is 137 Å². The molecule has 1 aromatic heterocycles. The van der Waals surface area contributed by atoms with Crippen LogP contribution in [-0.4, -0.2) is 36.1 Å². The monoisotopic (exact) mass is 309 g/mol. The minimum absolute atomic E-state index is 0.857. The SMILES string of the molecule is c1nc(Nc2ccc(N3CCCC3)cc2)cc(N2CCCC2)n1. The summed E-state index contributed by atoms with van der Waals surface area (Å²) in [6.07, 6.45) is 6.77. The van der Waals surface area contributed by atoms with Crippen LogP contribution >= 0.6 is 0 Å². The van der Waals surface area contributed by atoms with E-state index in [4.69, 9.17) is 0 Å². The number of hydrogen-bond donors (Lipinski definition) is 1. The molecular formula is C18H23N5. The van der Waals surface area contributed by atoms with Crippen molar-refractivity contribution in [2.24, 2.45) is 0 Å². The molecule has 0 spiro atoms. The second kappa shape index (κ2) is 6.44. The van der Waals surface area contributed by atoms with Crippen LogP contribution in [-0.2, 0) is 0 Å². The van der Waals surface area contributed by atoms with E-state index in [1.54, 1.807) is 6.33 Å². The summed E-state index contributed by atoms with van der Waals surface area (Å²) >= 11 is 0. The number of anilines is 4. The zero-order chi connectivity index (χ0) is 15.5. The van der Waals surface area contributed by atoms with Crippen molar-refractivity contribution in [2.45, 2.75) is 25.7 Å². The molecule has 0 bridgehead atoms. The Hall–Kier alpha value is -2.30. The first-order valence-electron chi connectivity index (χ1n) is 8.57. The molecule has 0 radical (unpaired) electrons. The van der Waals surface area contributed by atoms with Crippen LogP contribution < -0.4 is 15.1 Å². The first-order valence-corrected chi connectivity index (χ1v) is 8.57. The molecule has 0 atom stereocenters. The number of benzene rings is 1. The number of rotatable bonds is 4. The number of nitrogens with one attached hydrogen (secondary N) is 1. The zero-order valence-electron chi connectivity index (χ0n) is 13.4. The van der Waals surface area contributed by atoms with Crippen molar-refractivity contribution in [1.29, 1.82) is 0 Å². The van der Waals surface area contributed by atoms with E-state index in [1.807, 2.05) is 6.07 Å². The highest BCUT2D eigenvalue weighted by Gasteiger charge is 2.14. The van der Waals surface area contributed by atoms with Gasteiger partial charge in [-0.15, -0.1) is 0 Å². The fourth-order valence-electron chi connectivity index (χ4n) is 3.41. The molecule has 2 aromatic rings. The smallest absolute Gasteiger partial charge is 0.135 e. The molecule has 2 aliphatic rings. The summed E-state index contributed by atoms with van der Waals surface area (Å²) in [6.45, 7) is 4.55. The summed E-state index contributed by atoms with van der Waals surface area (Å²) in [5, 5.41) is 3.39. The molecule has 120 valence electrons. The third kappa shape index (κ3) is 3.23. The minimum atomic E-state index is 0.857. The van der Waals surface area contributed by atoms with Gasteiger partial charge < -0.3 is 15.1 Å². The van der Waals surface area contributed by atoms with E-state index < -0.39 is 0 Å². The molecule has 0 saturated carbocycles. The van der Waals surface area contributed by atoms with Crippen LogP contribution in [0.1, 0.15) is 25.7 Å². The summed E-state index contributed by atoms with van der Waals surface area (Å²) in [7, 11) is 0. The summed E-state index contributed by atoms with van der Waals surface area (Å²) in [5.41, 5.74) is 2.38. The van der Waals surface area contributed by atoms with Gasteiger partial charge in [0.15, 0.2) is 0 Å². The first-order chi connectivity index (χ1) is 11.4. The van der Waals surface area contributed by atoms with Crippen LogP contribution in [0.3, 0.4) is 0 Å². The molecule has 2 saturated heterocycles. The second-order valence-corrected chi connectivity index (χ2v) is 6.32. The zero-order valence-corrected chi connectivity index (χ0v) is 13.4. The van der Waals surface area contributed by atoms with Crippen LogP contribution in [0.4, 0.5) is 23.0 Å². The lowest BCUT2D eigenvalue weighted by atomic mass is 10.2. The predicted molar refractivity (Wildman–Crippen MR) is 94.7 cm³/mol. The van der Waals surface area contributed by atoms with Gasteiger partial charge in [-0.2, -0.15) is 0 Å². The number of aromatic nitrogens is 2. The largest absolute Gasteiger partial charge is 0.372 e. The van der Waals surface area contributed by atoms with E-state index in [2.05, 4.69) is 49.4 Å². The van der Waals surface area contributed by atoms with Crippen LogP contribution in [0.2, 0.25) is 0 Å². The Morgan fingerprint density at radius 1 is 0.783 bits per heavy atom. The van der Waals surface area contributed by atoms with E-state index in [0.717, 1.165) is 30.4 Å². The molecule has 4 rings (SSSR count). The molecule has 5 nitrogen and oxygen atoms in total. The third-order valence-corrected chi connectivity index (χ3v) is 4.69. The molecule has 5 heteroatoms. The summed E-state index contributed by atoms with van der Waals surface area (Å²) < 4.78 is 0. The Morgan fingerprint density at radius 3 is 2.13 bits per heavy atom. The lowest BCUT2D eigenvalue weighted by Crippen LogP contribution is -2.19. The van der Waals surface area contributed by atoms with Crippen LogP contribution in [0.5, 0.6) is 0 Å². The topological polar surface area (TPSA) is 44.3 Å². The highest BCUT2D eigenvalue weighted by Crippen LogP contribution is 2.25. The summed E-state index contributed by atoms with van der Waals surface area (Å²) in [5.74, 6) is 1.88. The first kappa shape index (κ1) is 14.3. The quantitative estimate of drug-likeness (QED) is 0.937. The molecule has 1 aromatic carbocycles. The van der Waals surface area contributed by atoms with Crippen molar-refractivity contribution < 1.29 is 0 Å². The molecule has 0 unspecified atom stereocenters. The molecule has 3 heterocycles. The van der Waals surface area contributed by atoms with Gasteiger partial charge in [-0.05, 0) is 49.9 Å². The lowest BCUT2D eigenvalue weighted by Gasteiger charge is -2.18. The van der Waals surface area contributed by atoms with Crippen molar-refractivity contribution in [3.63, 3.8) is 0 Å². The van der Waals surface area contributed by atoms with E-state index in [-0.39, 0.29) is 0 Å². The highest BCUT2D eigenvalue weighted by atomic mass is 15.2. The van der Waals surface area contributed by atoms with Gasteiger partial charge in [0.2, 0.25) is 0 Å². The maximum absolute atomic E-state index is 4.40. The second-order valence-electron chi connectivity index (χ2n) is 6.32. The number of hydrogen-bond acceptors (Lipinski definition) is 5. The van der Waals surface area contributed by atoms with Gasteiger partial charge in [0.05, 0.1) is 0 Å². The van der Waals surface area contributed by atoms with Gasteiger partial charge >= 0.3 is 0 Å². The standard InChI is InChI=1S/C18H23N5/c1-2-10-22(9-1)16-7-5-15(6-8-16)21-17-13-18(20-14-19-17)23-11-3-4-12-23/h5-8,13-14H,1-4,9-12H2,(H,19,20,21). The Morgan fingerprint density at radius 2 is 1.43 bits per heavy atom. The predicted octanol–water partition coefficient (Wildman–Crippen LogP) is 3.42. The van der Waals surface area contributed by atoms with Crippen molar-refractivity contribution in [2.75, 3.05) is 41.3 Å². The summed E-state index contributed by atoms with van der Waals surface area (Å²) in [4.78, 5) is 13.5. The molecular weight excluding hydrogens is 286 g/mol. The maximum Gasteiger partial charge on any atom is 0.135 e. The third-order valence-electron chi connectivity index (χ3n) is 4.69. The molecule has 1 N–H and O–H groups in total. The van der Waals surface area contributed by atoms with E-state index in [9.17, 15) is 0 Å². The van der Waals surface area contributed by atoms with Crippen molar-refractivity contribution >= 4 is 23.0 Å². The van der Waals surface area contributed by atoms with Gasteiger partial charge in [0.1, 0.15) is 18.0 Å². The molecule has 2 aliphatic heterocycles. The van der Waals surface area contributed by atoms with Crippen molar-refractivity contribution in [3.05, 3.63) is 36.7 Å². The summed E-state index contributed by atoms with van der Waals surface area (Å²) in [6, 6.07) is 10.7. The van der Waals surface area contributed by atoms with Gasteiger partial charge in [0.25, 0.3) is 0 Å². The fraction of sp³-hybridized carbons (Fsp3) is 0.444. The van der Waals surface area contributed by atoms with Crippen LogP contribution in [0, 0.1) is 0 Å². The number of nitrogens with zero attached hydrogens (tertiary/aromatic N) is 4. The van der Waals surface area contributed by atoms with Crippen molar-refractivity contribution in [3.8, 4) is 0 Å².